The molecule has 1 aliphatic heterocycles. The topological polar surface area (TPSA) is 25.4 Å². The molecule has 2 aromatic heterocycles. The maximum atomic E-state index is 14.0. The van der Waals surface area contributed by atoms with E-state index in [0.29, 0.717) is 5.75 Å². The van der Waals surface area contributed by atoms with Crippen molar-refractivity contribution in [2.45, 2.75) is 19.4 Å². The van der Waals surface area contributed by atoms with Gasteiger partial charge in [-0.25, -0.2) is 4.39 Å². The quantitative estimate of drug-likeness (QED) is 0.391. The Labute approximate surface area is 173 Å². The van der Waals surface area contributed by atoms with Gasteiger partial charge in [-0.15, -0.1) is 11.3 Å². The van der Waals surface area contributed by atoms with Gasteiger partial charge in [0.25, 0.3) is 0 Å². The fraction of sp³-hybridized carbons (Fsp3) is 0.208. The van der Waals surface area contributed by atoms with Crippen LogP contribution in [0, 0.1) is 11.9 Å². The van der Waals surface area contributed by atoms with Crippen LogP contribution in [0.4, 0.5) is 4.39 Å². The smallest absolute Gasteiger partial charge is 0.166 e. The van der Waals surface area contributed by atoms with Crippen molar-refractivity contribution in [1.82, 2.24) is 9.88 Å². The summed E-state index contributed by atoms with van der Waals surface area (Å²) in [6.45, 7) is 3.42. The van der Waals surface area contributed by atoms with Crippen molar-refractivity contribution in [1.29, 1.82) is 0 Å². The van der Waals surface area contributed by atoms with Gasteiger partial charge in [0.15, 0.2) is 11.6 Å². The molecule has 4 aromatic rings. The van der Waals surface area contributed by atoms with E-state index in [1.165, 1.54) is 37.6 Å². The molecule has 0 saturated carbocycles. The Hall–Kier alpha value is -2.76. The van der Waals surface area contributed by atoms with Gasteiger partial charge >= 0.3 is 0 Å². The Morgan fingerprint density at radius 1 is 1.07 bits per heavy atom. The zero-order valence-corrected chi connectivity index (χ0v) is 16.7. The zero-order valence-electron chi connectivity index (χ0n) is 15.9. The van der Waals surface area contributed by atoms with Crippen LogP contribution in [0.3, 0.4) is 0 Å². The molecule has 0 unspecified atom stereocenters. The molecule has 0 atom stereocenters. The van der Waals surface area contributed by atoms with Crippen LogP contribution in [0.2, 0.25) is 0 Å². The summed E-state index contributed by atoms with van der Waals surface area (Å²) in [6.07, 6.45) is 4.31. The molecule has 5 rings (SSSR count). The Kier molecular flexibility index (Phi) is 5.00. The third kappa shape index (κ3) is 3.88. The van der Waals surface area contributed by atoms with E-state index in [0.717, 1.165) is 27.2 Å². The maximum absolute atomic E-state index is 14.0. The van der Waals surface area contributed by atoms with Crippen molar-refractivity contribution in [3.8, 4) is 21.9 Å². The van der Waals surface area contributed by atoms with Crippen LogP contribution in [0.1, 0.15) is 18.4 Å². The molecule has 1 saturated heterocycles. The number of rotatable bonds is 5. The Bertz CT molecular complexity index is 1130. The van der Waals surface area contributed by atoms with Crippen LogP contribution in [0.15, 0.2) is 60.8 Å². The van der Waals surface area contributed by atoms with Crippen LogP contribution >= 0.6 is 11.3 Å². The van der Waals surface area contributed by atoms with Crippen molar-refractivity contribution >= 4 is 21.6 Å². The number of nitrogens with zero attached hydrogens (tertiary/aromatic N) is 2. The van der Waals surface area contributed by atoms with Gasteiger partial charge in [0, 0.05) is 23.7 Å². The monoisotopic (exact) mass is 403 g/mol. The number of halogens is 1. The third-order valence-corrected chi connectivity index (χ3v) is 6.40. The summed E-state index contributed by atoms with van der Waals surface area (Å²) in [5, 5.41) is 0. The van der Waals surface area contributed by atoms with Crippen molar-refractivity contribution in [3.05, 3.63) is 78.2 Å². The lowest BCUT2D eigenvalue weighted by molar-refractivity contribution is 0.331. The van der Waals surface area contributed by atoms with Crippen LogP contribution in [0.5, 0.6) is 11.5 Å². The van der Waals surface area contributed by atoms with Crippen molar-refractivity contribution < 1.29 is 9.13 Å². The molecular formula is C24H20FN2OS. The summed E-state index contributed by atoms with van der Waals surface area (Å²) in [5.41, 5.74) is 3.35. The second-order valence-corrected chi connectivity index (χ2v) is 8.33. The molecular weight excluding hydrogens is 383 g/mol. The minimum Gasteiger partial charge on any atom is -0.453 e. The number of hydrogen-bond acceptors (Lipinski definition) is 4. The molecule has 29 heavy (non-hydrogen) atoms. The molecule has 2 aromatic carbocycles. The van der Waals surface area contributed by atoms with Gasteiger partial charge in [0.05, 0.1) is 10.2 Å². The number of aromatic nitrogens is 1. The van der Waals surface area contributed by atoms with Gasteiger partial charge in [-0.3, -0.25) is 9.88 Å². The van der Waals surface area contributed by atoms with Gasteiger partial charge in [0.1, 0.15) is 5.75 Å². The van der Waals surface area contributed by atoms with E-state index in [-0.39, 0.29) is 5.75 Å². The van der Waals surface area contributed by atoms with Crippen molar-refractivity contribution in [2.75, 3.05) is 13.1 Å². The van der Waals surface area contributed by atoms with E-state index in [1.807, 2.05) is 0 Å². The van der Waals surface area contributed by atoms with E-state index in [1.54, 1.807) is 35.7 Å². The summed E-state index contributed by atoms with van der Waals surface area (Å²) >= 11 is 1.61. The molecule has 3 nitrogen and oxygen atoms in total. The Morgan fingerprint density at radius 2 is 1.90 bits per heavy atom. The second kappa shape index (κ2) is 7.93. The lowest BCUT2D eigenvalue weighted by atomic mass is 10.1. The number of fused-ring (bicyclic) bond motifs is 1. The fourth-order valence-corrected chi connectivity index (χ4v) is 4.78. The Balaban J connectivity index is 1.42. The molecule has 0 bridgehead atoms. The average molecular weight is 404 g/mol. The molecule has 0 spiro atoms. The molecule has 1 aliphatic rings. The second-order valence-electron chi connectivity index (χ2n) is 7.27. The largest absolute Gasteiger partial charge is 0.453 e. The summed E-state index contributed by atoms with van der Waals surface area (Å²) in [6, 6.07) is 19.8. The fourth-order valence-electron chi connectivity index (χ4n) is 3.71. The molecule has 145 valence electrons. The highest BCUT2D eigenvalue weighted by atomic mass is 32.1. The molecule has 0 N–H and O–H groups in total. The zero-order chi connectivity index (χ0) is 19.6. The number of thiophene rings is 1. The standard InChI is InChI=1S/C24H20FN2OS/c25-19-5-1-2-6-21(19)28-22-11-12-26-20-15-23(29-24(20)22)18-9-7-17(8-10-18)16-27-13-3-4-14-27/h2,5-12,15H,3-4,13-14,16H2. The van der Waals surface area contributed by atoms with Crippen molar-refractivity contribution in [2.24, 2.45) is 0 Å². The average Bonchev–Trinajstić information content (AvgIpc) is 3.40. The molecule has 1 fully saturated rings. The predicted octanol–water partition coefficient (Wildman–Crippen LogP) is 6.29. The SMILES string of the molecule is Fc1c[c]ccc1Oc1ccnc2cc(-c3ccc(CN4CCCC4)cc3)sc12. The van der Waals surface area contributed by atoms with Gasteiger partial charge in [-0.05, 0) is 61.3 Å². The van der Waals surface area contributed by atoms with Crippen LogP contribution in [0.25, 0.3) is 20.7 Å². The van der Waals surface area contributed by atoms with Crippen LogP contribution < -0.4 is 4.74 Å². The van der Waals surface area contributed by atoms with Gasteiger partial charge in [-0.1, -0.05) is 30.3 Å². The number of hydrogen-bond donors (Lipinski definition) is 0. The lowest BCUT2D eigenvalue weighted by Gasteiger charge is -2.14. The highest BCUT2D eigenvalue weighted by molar-refractivity contribution is 7.22. The molecule has 0 amide bonds. The van der Waals surface area contributed by atoms with E-state index in [2.05, 4.69) is 46.3 Å². The maximum Gasteiger partial charge on any atom is 0.166 e. The summed E-state index contributed by atoms with van der Waals surface area (Å²) in [7, 11) is 0. The van der Waals surface area contributed by atoms with Gasteiger partial charge in [-0.2, -0.15) is 0 Å². The molecule has 1 radical (unpaired) electrons. The van der Waals surface area contributed by atoms with Crippen molar-refractivity contribution in [3.63, 3.8) is 0 Å². The summed E-state index contributed by atoms with van der Waals surface area (Å²) in [4.78, 5) is 8.09. The van der Waals surface area contributed by atoms with E-state index < -0.39 is 5.82 Å². The highest BCUT2D eigenvalue weighted by Gasteiger charge is 2.14. The number of pyridine rings is 1. The lowest BCUT2D eigenvalue weighted by Crippen LogP contribution is -2.18. The molecule has 5 heteroatoms. The predicted molar refractivity (Wildman–Crippen MR) is 115 cm³/mol. The first kappa shape index (κ1) is 18.3. The molecule has 3 heterocycles. The minimum absolute atomic E-state index is 0.192. The highest BCUT2D eigenvalue weighted by Crippen LogP contribution is 2.39. The van der Waals surface area contributed by atoms with Crippen LogP contribution in [-0.4, -0.2) is 23.0 Å². The van der Waals surface area contributed by atoms with Crippen LogP contribution in [-0.2, 0) is 6.54 Å². The summed E-state index contributed by atoms with van der Waals surface area (Å²) < 4.78 is 20.7. The third-order valence-electron chi connectivity index (χ3n) is 5.22. The molecule has 0 aliphatic carbocycles. The van der Waals surface area contributed by atoms with Gasteiger partial charge < -0.3 is 4.74 Å². The van der Waals surface area contributed by atoms with E-state index in [9.17, 15) is 4.39 Å². The number of likely N-dealkylation sites (tertiary alicyclic amines) is 1. The number of ether oxygens (including phenoxy) is 1. The minimum atomic E-state index is -0.428. The normalized spacial score (nSPS) is 14.5. The van der Waals surface area contributed by atoms with Gasteiger partial charge in [0.2, 0.25) is 0 Å². The first-order valence-corrected chi connectivity index (χ1v) is 10.6. The number of benzene rings is 2. The first-order chi connectivity index (χ1) is 14.3. The first-order valence-electron chi connectivity index (χ1n) is 9.80. The van der Waals surface area contributed by atoms with E-state index >= 15 is 0 Å². The van der Waals surface area contributed by atoms with E-state index in [4.69, 9.17) is 4.74 Å². The summed E-state index contributed by atoms with van der Waals surface area (Å²) in [5.74, 6) is 0.377. The Morgan fingerprint density at radius 3 is 2.69 bits per heavy atom.